The van der Waals surface area contributed by atoms with E-state index in [2.05, 4.69) is 22.3 Å². The van der Waals surface area contributed by atoms with Gasteiger partial charge >= 0.3 is 6.09 Å². The number of hydrogen-bond donors (Lipinski definition) is 1. The van der Waals surface area contributed by atoms with Crippen LogP contribution >= 0.6 is 0 Å². The minimum Gasteiger partial charge on any atom is -0.444 e. The highest BCUT2D eigenvalue weighted by Gasteiger charge is 2.15. The molecule has 0 spiro atoms. The minimum atomic E-state index is -0.487. The van der Waals surface area contributed by atoms with E-state index in [-0.39, 0.29) is 0 Å². The van der Waals surface area contributed by atoms with Gasteiger partial charge in [-0.3, -0.25) is 0 Å². The maximum atomic E-state index is 11.5. The Hall–Kier alpha value is -2.74. The predicted octanol–water partition coefficient (Wildman–Crippen LogP) is 3.76. The van der Waals surface area contributed by atoms with E-state index in [4.69, 9.17) is 4.74 Å². The first-order valence-electron chi connectivity index (χ1n) is 8.34. The fourth-order valence-electron chi connectivity index (χ4n) is 2.31. The Morgan fingerprint density at radius 2 is 2.04 bits per heavy atom. The van der Waals surface area contributed by atoms with Gasteiger partial charge < -0.3 is 10.1 Å². The first-order chi connectivity index (χ1) is 11.7. The topological polar surface area (TPSA) is 56.2 Å². The van der Waals surface area contributed by atoms with Crippen molar-refractivity contribution in [3.05, 3.63) is 47.3 Å². The molecule has 2 rings (SSSR count). The van der Waals surface area contributed by atoms with Crippen molar-refractivity contribution in [2.75, 3.05) is 6.54 Å². The summed E-state index contributed by atoms with van der Waals surface area (Å²) < 4.78 is 7.08. The lowest BCUT2D eigenvalue weighted by molar-refractivity contribution is 0.0529. The Morgan fingerprint density at radius 3 is 2.68 bits per heavy atom. The molecule has 0 saturated heterocycles. The first-order valence-corrected chi connectivity index (χ1v) is 8.34. The van der Waals surface area contributed by atoms with Gasteiger partial charge in [-0.15, -0.1) is 0 Å². The van der Waals surface area contributed by atoms with Crippen molar-refractivity contribution in [2.45, 2.75) is 46.6 Å². The van der Waals surface area contributed by atoms with Crippen molar-refractivity contribution in [1.29, 1.82) is 0 Å². The van der Waals surface area contributed by atoms with Crippen LogP contribution in [0.15, 0.2) is 30.3 Å². The highest BCUT2D eigenvalue weighted by molar-refractivity contribution is 5.67. The largest absolute Gasteiger partial charge is 0.444 e. The molecule has 1 heterocycles. The second kappa shape index (κ2) is 7.89. The highest BCUT2D eigenvalue weighted by atomic mass is 16.6. The second-order valence-electron chi connectivity index (χ2n) is 6.87. The number of alkyl carbamates (subject to hydrolysis) is 1. The summed E-state index contributed by atoms with van der Waals surface area (Å²) in [5, 5.41) is 7.18. The molecule has 0 bridgehead atoms. The summed E-state index contributed by atoms with van der Waals surface area (Å²) in [5.41, 5.74) is 3.50. The molecular formula is C20H25N3O2. The van der Waals surface area contributed by atoms with Crippen molar-refractivity contribution in [3.63, 3.8) is 0 Å². The number of hydrogen-bond acceptors (Lipinski definition) is 3. The standard InChI is InChI=1S/C20H25N3O2/c1-15-13-16(2)23(22-15)18-11-8-10-17(14-18)9-6-7-12-21-19(24)25-20(3,4)5/h8,10-11,13-14H,7,12H2,1-5H3,(H,21,24). The zero-order valence-corrected chi connectivity index (χ0v) is 15.5. The molecule has 132 valence electrons. The molecule has 0 fully saturated rings. The number of aromatic nitrogens is 2. The van der Waals surface area contributed by atoms with Gasteiger partial charge in [-0.05, 0) is 58.9 Å². The van der Waals surface area contributed by atoms with Crippen molar-refractivity contribution in [1.82, 2.24) is 15.1 Å². The quantitative estimate of drug-likeness (QED) is 0.684. The number of rotatable bonds is 3. The third-order valence-electron chi connectivity index (χ3n) is 3.25. The number of carbonyl (C=O) groups excluding carboxylic acids is 1. The molecule has 0 aliphatic carbocycles. The molecular weight excluding hydrogens is 314 g/mol. The summed E-state index contributed by atoms with van der Waals surface area (Å²) >= 11 is 0. The molecule has 2 aromatic rings. The van der Waals surface area contributed by atoms with Gasteiger partial charge in [0, 0.05) is 24.2 Å². The molecule has 1 N–H and O–H groups in total. The summed E-state index contributed by atoms with van der Waals surface area (Å²) in [6.07, 6.45) is 0.143. The molecule has 0 radical (unpaired) electrons. The van der Waals surface area contributed by atoms with Gasteiger partial charge in [0.2, 0.25) is 0 Å². The molecule has 5 nitrogen and oxygen atoms in total. The molecule has 1 aromatic carbocycles. The lowest BCUT2D eigenvalue weighted by atomic mass is 10.2. The van der Waals surface area contributed by atoms with E-state index in [0.717, 1.165) is 22.6 Å². The van der Waals surface area contributed by atoms with E-state index in [1.807, 2.05) is 69.6 Å². The molecule has 1 aromatic heterocycles. The fourth-order valence-corrected chi connectivity index (χ4v) is 2.31. The van der Waals surface area contributed by atoms with Gasteiger partial charge in [0.15, 0.2) is 0 Å². The van der Waals surface area contributed by atoms with E-state index in [9.17, 15) is 4.79 Å². The van der Waals surface area contributed by atoms with E-state index in [1.54, 1.807) is 0 Å². The molecule has 25 heavy (non-hydrogen) atoms. The molecule has 0 atom stereocenters. The van der Waals surface area contributed by atoms with Crippen LogP contribution in [0.3, 0.4) is 0 Å². The number of amides is 1. The average molecular weight is 339 g/mol. The maximum Gasteiger partial charge on any atom is 0.407 e. The van der Waals surface area contributed by atoms with Gasteiger partial charge in [0.05, 0.1) is 11.4 Å². The van der Waals surface area contributed by atoms with Gasteiger partial charge in [0.1, 0.15) is 5.60 Å². The van der Waals surface area contributed by atoms with Crippen LogP contribution in [0.4, 0.5) is 4.79 Å². The summed E-state index contributed by atoms with van der Waals surface area (Å²) in [7, 11) is 0. The highest BCUT2D eigenvalue weighted by Crippen LogP contribution is 2.13. The fraction of sp³-hybridized carbons (Fsp3) is 0.400. The molecule has 1 amide bonds. The van der Waals surface area contributed by atoms with E-state index in [1.165, 1.54) is 0 Å². The van der Waals surface area contributed by atoms with Gasteiger partial charge in [-0.2, -0.15) is 5.10 Å². The number of carbonyl (C=O) groups is 1. The summed E-state index contributed by atoms with van der Waals surface area (Å²) in [5.74, 6) is 6.19. The lowest BCUT2D eigenvalue weighted by Crippen LogP contribution is -2.32. The predicted molar refractivity (Wildman–Crippen MR) is 98.8 cm³/mol. The van der Waals surface area contributed by atoms with Crippen LogP contribution in [-0.2, 0) is 4.74 Å². The van der Waals surface area contributed by atoms with Crippen LogP contribution in [0, 0.1) is 25.7 Å². The van der Waals surface area contributed by atoms with Crippen LogP contribution in [0.5, 0.6) is 0 Å². The van der Waals surface area contributed by atoms with Crippen LogP contribution in [-0.4, -0.2) is 28.0 Å². The van der Waals surface area contributed by atoms with Crippen molar-refractivity contribution in [3.8, 4) is 17.5 Å². The third-order valence-corrected chi connectivity index (χ3v) is 3.25. The van der Waals surface area contributed by atoms with Gasteiger partial charge in [0.25, 0.3) is 0 Å². The monoisotopic (exact) mass is 339 g/mol. The molecule has 5 heteroatoms. The van der Waals surface area contributed by atoms with Crippen LogP contribution < -0.4 is 5.32 Å². The Labute approximate surface area is 149 Å². The molecule has 0 unspecified atom stereocenters. The lowest BCUT2D eigenvalue weighted by Gasteiger charge is -2.19. The summed E-state index contributed by atoms with van der Waals surface area (Å²) in [6, 6.07) is 9.99. The second-order valence-corrected chi connectivity index (χ2v) is 6.87. The number of nitrogens with zero attached hydrogens (tertiary/aromatic N) is 2. The first kappa shape index (κ1) is 18.6. The smallest absolute Gasteiger partial charge is 0.407 e. The number of benzene rings is 1. The minimum absolute atomic E-state index is 0.416. The van der Waals surface area contributed by atoms with Crippen molar-refractivity contribution >= 4 is 6.09 Å². The maximum absolute atomic E-state index is 11.5. The zero-order chi connectivity index (χ0) is 18.4. The number of ether oxygens (including phenoxy) is 1. The molecule has 0 saturated carbocycles. The Morgan fingerprint density at radius 1 is 1.28 bits per heavy atom. The van der Waals surface area contributed by atoms with Gasteiger partial charge in [-0.1, -0.05) is 17.9 Å². The van der Waals surface area contributed by atoms with E-state index in [0.29, 0.717) is 13.0 Å². The summed E-state index contributed by atoms with van der Waals surface area (Å²) in [6.45, 7) is 9.97. The van der Waals surface area contributed by atoms with Crippen molar-refractivity contribution in [2.24, 2.45) is 0 Å². The molecule has 0 aliphatic rings. The van der Waals surface area contributed by atoms with Crippen molar-refractivity contribution < 1.29 is 9.53 Å². The Bertz CT molecular complexity index is 804. The van der Waals surface area contributed by atoms with E-state index < -0.39 is 11.7 Å². The van der Waals surface area contributed by atoms with Crippen LogP contribution in [0.2, 0.25) is 0 Å². The third kappa shape index (κ3) is 6.00. The Balaban J connectivity index is 1.92. The normalized spacial score (nSPS) is 10.8. The molecule has 0 aliphatic heterocycles. The number of aryl methyl sites for hydroxylation is 2. The number of nitrogens with one attached hydrogen (secondary N) is 1. The van der Waals surface area contributed by atoms with Gasteiger partial charge in [-0.25, -0.2) is 9.48 Å². The Kier molecular flexibility index (Phi) is 5.87. The van der Waals surface area contributed by atoms with Crippen LogP contribution in [0.1, 0.15) is 44.1 Å². The van der Waals surface area contributed by atoms with Crippen LogP contribution in [0.25, 0.3) is 5.69 Å². The SMILES string of the molecule is Cc1cc(C)n(-c2cccc(C#CCCNC(=O)OC(C)(C)C)c2)n1. The average Bonchev–Trinajstić information content (AvgIpc) is 2.84. The van der Waals surface area contributed by atoms with E-state index >= 15 is 0 Å². The summed E-state index contributed by atoms with van der Waals surface area (Å²) in [4.78, 5) is 11.5. The zero-order valence-electron chi connectivity index (χ0n) is 15.5.